The number of rotatable bonds is 7. The second-order valence-corrected chi connectivity index (χ2v) is 8.35. The molecule has 0 saturated carbocycles. The van der Waals surface area contributed by atoms with E-state index in [-0.39, 0.29) is 11.6 Å². The van der Waals surface area contributed by atoms with E-state index in [1.54, 1.807) is 36.4 Å². The van der Waals surface area contributed by atoms with Crippen molar-refractivity contribution in [2.24, 2.45) is 0 Å². The molecule has 2 amide bonds. The number of amides is 2. The number of aryl methyl sites for hydroxylation is 1. The number of hydrogen-bond acceptors (Lipinski definition) is 4. The first kappa shape index (κ1) is 22.6. The molecule has 5 nitrogen and oxygen atoms in total. The average Bonchev–Trinajstić information content (AvgIpc) is 3.06. The first-order chi connectivity index (χ1) is 15.9. The molecule has 4 rings (SSSR count). The summed E-state index contributed by atoms with van der Waals surface area (Å²) in [6.07, 6.45) is 0.901. The fourth-order valence-electron chi connectivity index (χ4n) is 3.66. The van der Waals surface area contributed by atoms with Crippen LogP contribution in [0.3, 0.4) is 0 Å². The summed E-state index contributed by atoms with van der Waals surface area (Å²) >= 11 is 6.28. The summed E-state index contributed by atoms with van der Waals surface area (Å²) in [6, 6.07) is 20.0. The molecule has 6 heteroatoms. The van der Waals surface area contributed by atoms with Crippen molar-refractivity contribution in [2.75, 3.05) is 16.8 Å². The lowest BCUT2D eigenvalue weighted by Crippen LogP contribution is -2.32. The van der Waals surface area contributed by atoms with Crippen LogP contribution < -0.4 is 15.0 Å². The second-order valence-electron chi connectivity index (χ2n) is 7.94. The van der Waals surface area contributed by atoms with Crippen LogP contribution in [0.5, 0.6) is 5.75 Å². The molecule has 1 aliphatic rings. The van der Waals surface area contributed by atoms with E-state index in [9.17, 15) is 9.59 Å². The number of benzene rings is 3. The summed E-state index contributed by atoms with van der Waals surface area (Å²) in [5, 5.41) is 3.77. The Labute approximate surface area is 198 Å². The van der Waals surface area contributed by atoms with E-state index < -0.39 is 5.91 Å². The van der Waals surface area contributed by atoms with E-state index in [0.29, 0.717) is 39.9 Å². The van der Waals surface area contributed by atoms with Crippen LogP contribution in [0.4, 0.5) is 11.4 Å². The van der Waals surface area contributed by atoms with Crippen molar-refractivity contribution in [2.45, 2.75) is 27.2 Å². The third-order valence-electron chi connectivity index (χ3n) is 5.52. The molecule has 0 spiro atoms. The predicted molar refractivity (Wildman–Crippen MR) is 133 cm³/mol. The Balaban J connectivity index is 1.78. The fraction of sp³-hybridized carbons (Fsp3) is 0.185. The number of carbonyl (C=O) groups excluding carboxylic acids is 2. The highest BCUT2D eigenvalue weighted by Crippen LogP contribution is 2.35. The van der Waals surface area contributed by atoms with Gasteiger partial charge in [0.2, 0.25) is 0 Å². The summed E-state index contributed by atoms with van der Waals surface area (Å²) in [5.41, 5.74) is 4.19. The lowest BCUT2D eigenvalue weighted by Gasteiger charge is -2.16. The second kappa shape index (κ2) is 9.51. The lowest BCUT2D eigenvalue weighted by atomic mass is 10.0. The normalized spacial score (nSPS) is 13.6. The third kappa shape index (κ3) is 4.50. The van der Waals surface area contributed by atoms with E-state index in [0.717, 1.165) is 17.5 Å². The zero-order valence-corrected chi connectivity index (χ0v) is 19.6. The summed E-state index contributed by atoms with van der Waals surface area (Å²) in [5.74, 6) is -0.0774. The van der Waals surface area contributed by atoms with Crippen LogP contribution >= 0.6 is 11.6 Å². The van der Waals surface area contributed by atoms with E-state index in [1.807, 2.05) is 51.1 Å². The van der Waals surface area contributed by atoms with Gasteiger partial charge in [-0.25, -0.2) is 4.90 Å². The summed E-state index contributed by atoms with van der Waals surface area (Å²) < 4.78 is 5.67. The standard InChI is InChI=1S/C27H25ClN2O3/c1-4-16-33-21-14-10-19(11-15-21)24-25(29-23-7-5-6-22(28)18(23)3)27(32)30(26(24)31)20-12-8-17(2)9-13-20/h5-15,29H,4,16H2,1-3H3. The van der Waals surface area contributed by atoms with Gasteiger partial charge in [0.15, 0.2) is 0 Å². The number of hydrogen-bond donors (Lipinski definition) is 1. The molecular formula is C27H25ClN2O3. The molecule has 0 saturated heterocycles. The van der Waals surface area contributed by atoms with Gasteiger partial charge in [-0.05, 0) is 67.8 Å². The highest BCUT2D eigenvalue weighted by atomic mass is 35.5. The fourth-order valence-corrected chi connectivity index (χ4v) is 3.83. The van der Waals surface area contributed by atoms with Crippen molar-refractivity contribution in [1.29, 1.82) is 0 Å². The van der Waals surface area contributed by atoms with E-state index in [4.69, 9.17) is 16.3 Å². The van der Waals surface area contributed by atoms with E-state index >= 15 is 0 Å². The van der Waals surface area contributed by atoms with Crippen LogP contribution in [0.25, 0.3) is 5.57 Å². The van der Waals surface area contributed by atoms with Crippen LogP contribution in [0, 0.1) is 13.8 Å². The maximum atomic E-state index is 13.6. The highest BCUT2D eigenvalue weighted by molar-refractivity contribution is 6.46. The molecule has 0 atom stereocenters. The molecule has 0 aliphatic carbocycles. The smallest absolute Gasteiger partial charge is 0.282 e. The number of nitrogens with zero attached hydrogens (tertiary/aromatic N) is 1. The van der Waals surface area contributed by atoms with Crippen molar-refractivity contribution in [3.05, 3.63) is 94.1 Å². The molecule has 1 N–H and O–H groups in total. The maximum absolute atomic E-state index is 13.6. The van der Waals surface area contributed by atoms with Gasteiger partial charge in [0.1, 0.15) is 11.4 Å². The maximum Gasteiger partial charge on any atom is 0.282 e. The Hall–Kier alpha value is -3.57. The SMILES string of the molecule is CCCOc1ccc(C2=C(Nc3cccc(Cl)c3C)C(=O)N(c3ccc(C)cc3)C2=O)cc1. The number of halogens is 1. The monoisotopic (exact) mass is 460 g/mol. The number of ether oxygens (including phenoxy) is 1. The molecule has 0 radical (unpaired) electrons. The van der Waals surface area contributed by atoms with Crippen LogP contribution in [-0.2, 0) is 9.59 Å². The number of carbonyl (C=O) groups is 2. The first-order valence-corrected chi connectivity index (χ1v) is 11.2. The van der Waals surface area contributed by atoms with Gasteiger partial charge < -0.3 is 10.1 Å². The van der Waals surface area contributed by atoms with Gasteiger partial charge in [0, 0.05) is 10.7 Å². The molecule has 1 heterocycles. The quantitative estimate of drug-likeness (QED) is 0.430. The van der Waals surface area contributed by atoms with Gasteiger partial charge in [-0.3, -0.25) is 9.59 Å². The Bertz CT molecular complexity index is 1230. The Morgan fingerprint density at radius 3 is 2.27 bits per heavy atom. The van der Waals surface area contributed by atoms with Crippen LogP contribution in [-0.4, -0.2) is 18.4 Å². The van der Waals surface area contributed by atoms with Gasteiger partial charge in [0.25, 0.3) is 11.8 Å². The molecule has 3 aromatic carbocycles. The third-order valence-corrected chi connectivity index (χ3v) is 5.93. The topological polar surface area (TPSA) is 58.6 Å². The minimum Gasteiger partial charge on any atom is -0.494 e. The Morgan fingerprint density at radius 1 is 0.909 bits per heavy atom. The van der Waals surface area contributed by atoms with Gasteiger partial charge in [-0.15, -0.1) is 0 Å². The van der Waals surface area contributed by atoms with Crippen LogP contribution in [0.15, 0.2) is 72.4 Å². The zero-order valence-electron chi connectivity index (χ0n) is 18.8. The first-order valence-electron chi connectivity index (χ1n) is 10.9. The van der Waals surface area contributed by atoms with Crippen molar-refractivity contribution in [3.8, 4) is 5.75 Å². The Morgan fingerprint density at radius 2 is 1.61 bits per heavy atom. The molecule has 3 aromatic rings. The van der Waals surface area contributed by atoms with Gasteiger partial charge in [0.05, 0.1) is 17.9 Å². The minimum absolute atomic E-state index is 0.216. The number of nitrogens with one attached hydrogen (secondary N) is 1. The van der Waals surface area contributed by atoms with Crippen LogP contribution in [0.2, 0.25) is 5.02 Å². The van der Waals surface area contributed by atoms with Crippen molar-refractivity contribution in [3.63, 3.8) is 0 Å². The van der Waals surface area contributed by atoms with Crippen molar-refractivity contribution < 1.29 is 14.3 Å². The minimum atomic E-state index is -0.412. The average molecular weight is 461 g/mol. The van der Waals surface area contributed by atoms with Crippen molar-refractivity contribution >= 4 is 40.4 Å². The van der Waals surface area contributed by atoms with Gasteiger partial charge >= 0.3 is 0 Å². The van der Waals surface area contributed by atoms with E-state index in [1.165, 1.54) is 4.90 Å². The lowest BCUT2D eigenvalue weighted by molar-refractivity contribution is -0.120. The van der Waals surface area contributed by atoms with Gasteiger partial charge in [-0.2, -0.15) is 0 Å². The molecule has 0 bridgehead atoms. The summed E-state index contributed by atoms with van der Waals surface area (Å²) in [4.78, 5) is 28.3. The highest BCUT2D eigenvalue weighted by Gasteiger charge is 2.40. The van der Waals surface area contributed by atoms with E-state index in [2.05, 4.69) is 5.32 Å². The molecule has 168 valence electrons. The Kier molecular flexibility index (Phi) is 6.52. The van der Waals surface area contributed by atoms with Crippen molar-refractivity contribution in [1.82, 2.24) is 0 Å². The van der Waals surface area contributed by atoms with Crippen LogP contribution in [0.1, 0.15) is 30.0 Å². The number of anilines is 2. The molecule has 33 heavy (non-hydrogen) atoms. The summed E-state index contributed by atoms with van der Waals surface area (Å²) in [7, 11) is 0. The largest absolute Gasteiger partial charge is 0.494 e. The molecule has 0 aromatic heterocycles. The number of imide groups is 1. The van der Waals surface area contributed by atoms with Gasteiger partial charge in [-0.1, -0.05) is 54.4 Å². The predicted octanol–water partition coefficient (Wildman–Crippen LogP) is 6.14. The summed E-state index contributed by atoms with van der Waals surface area (Å²) in [6.45, 7) is 6.47. The molecule has 0 unspecified atom stereocenters. The molecule has 0 fully saturated rings. The molecular weight excluding hydrogens is 436 g/mol. The molecule has 1 aliphatic heterocycles. The zero-order chi connectivity index (χ0) is 23.5.